The number of thioether (sulfide) groups is 1. The molecule has 3 aromatic rings. The Balaban J connectivity index is 1.57. The standard InChI is InChI=1S/C23H14Cl2FN3O3S/c24-15-5-7-19(17(25)11-15)28-27-16-6-8-20(30)14(9-16)10-21-22(31)29(23(32)33-21)12-13-3-1-2-4-18(13)26/h1-11,30H,12H2/b21-10-,28-27?. The molecule has 1 fully saturated rings. The Labute approximate surface area is 202 Å². The Kier molecular flexibility index (Phi) is 6.78. The monoisotopic (exact) mass is 501 g/mol. The maximum absolute atomic E-state index is 13.9. The first-order valence-electron chi connectivity index (χ1n) is 9.50. The van der Waals surface area contributed by atoms with Crippen LogP contribution in [-0.2, 0) is 11.3 Å². The zero-order chi connectivity index (χ0) is 23.5. The second-order valence-electron chi connectivity index (χ2n) is 6.90. The number of hydrogen-bond acceptors (Lipinski definition) is 6. The highest BCUT2D eigenvalue weighted by molar-refractivity contribution is 8.18. The predicted octanol–water partition coefficient (Wildman–Crippen LogP) is 7.49. The first-order chi connectivity index (χ1) is 15.8. The minimum absolute atomic E-state index is 0.0986. The maximum atomic E-state index is 13.9. The highest BCUT2D eigenvalue weighted by atomic mass is 35.5. The van der Waals surface area contributed by atoms with Gasteiger partial charge in [0.25, 0.3) is 11.1 Å². The highest BCUT2D eigenvalue weighted by Crippen LogP contribution is 2.36. The van der Waals surface area contributed by atoms with E-state index in [1.165, 1.54) is 48.5 Å². The minimum atomic E-state index is -0.576. The van der Waals surface area contributed by atoms with E-state index in [-0.39, 0.29) is 28.3 Å². The largest absolute Gasteiger partial charge is 0.507 e. The van der Waals surface area contributed by atoms with Gasteiger partial charge >= 0.3 is 0 Å². The van der Waals surface area contributed by atoms with Crippen molar-refractivity contribution in [1.82, 2.24) is 4.90 Å². The van der Waals surface area contributed by atoms with Crippen LogP contribution in [0.1, 0.15) is 11.1 Å². The fraction of sp³-hybridized carbons (Fsp3) is 0.0435. The Morgan fingerprint density at radius 3 is 2.58 bits per heavy atom. The van der Waals surface area contributed by atoms with Crippen LogP contribution in [0.15, 0.2) is 75.8 Å². The topological polar surface area (TPSA) is 82.3 Å². The quantitative estimate of drug-likeness (QED) is 0.290. The van der Waals surface area contributed by atoms with Crippen LogP contribution >= 0.6 is 35.0 Å². The number of rotatable bonds is 5. The van der Waals surface area contributed by atoms with Gasteiger partial charge in [-0.25, -0.2) is 4.39 Å². The molecular weight excluding hydrogens is 488 g/mol. The summed E-state index contributed by atoms with van der Waals surface area (Å²) in [5, 5.41) is 18.7. The third-order valence-electron chi connectivity index (χ3n) is 4.64. The zero-order valence-electron chi connectivity index (χ0n) is 16.7. The van der Waals surface area contributed by atoms with Gasteiger partial charge in [-0.3, -0.25) is 14.5 Å². The molecule has 1 saturated heterocycles. The number of nitrogens with zero attached hydrogens (tertiary/aromatic N) is 3. The summed E-state index contributed by atoms with van der Waals surface area (Å²) >= 11 is 12.7. The number of phenols is 1. The number of carbonyl (C=O) groups is 2. The average molecular weight is 502 g/mol. The van der Waals surface area contributed by atoms with Crippen LogP contribution in [0, 0.1) is 5.82 Å². The molecule has 10 heteroatoms. The molecule has 1 heterocycles. The molecule has 4 rings (SSSR count). The Morgan fingerprint density at radius 2 is 1.82 bits per heavy atom. The smallest absolute Gasteiger partial charge is 0.293 e. The van der Waals surface area contributed by atoms with Gasteiger partial charge in [0.05, 0.1) is 22.2 Å². The maximum Gasteiger partial charge on any atom is 0.293 e. The number of imide groups is 1. The lowest BCUT2D eigenvalue weighted by Gasteiger charge is -2.12. The Morgan fingerprint density at radius 1 is 1.03 bits per heavy atom. The van der Waals surface area contributed by atoms with Gasteiger partial charge in [0.15, 0.2) is 0 Å². The van der Waals surface area contributed by atoms with Crippen molar-refractivity contribution < 1.29 is 19.1 Å². The van der Waals surface area contributed by atoms with Crippen molar-refractivity contribution >= 4 is 63.6 Å². The molecule has 0 atom stereocenters. The Bertz CT molecular complexity index is 1330. The van der Waals surface area contributed by atoms with Crippen molar-refractivity contribution in [3.05, 3.63) is 92.6 Å². The van der Waals surface area contributed by atoms with E-state index in [0.29, 0.717) is 33.2 Å². The fourth-order valence-corrected chi connectivity index (χ4v) is 4.24. The number of phenolic OH excluding ortho intramolecular Hbond substituents is 1. The van der Waals surface area contributed by atoms with Gasteiger partial charge in [-0.05, 0) is 60.3 Å². The molecule has 1 aliphatic rings. The summed E-state index contributed by atoms with van der Waals surface area (Å²) < 4.78 is 13.9. The van der Waals surface area contributed by atoms with E-state index in [1.54, 1.807) is 18.2 Å². The second kappa shape index (κ2) is 9.74. The van der Waals surface area contributed by atoms with Crippen LogP contribution < -0.4 is 0 Å². The normalized spacial score (nSPS) is 15.2. The lowest BCUT2D eigenvalue weighted by Crippen LogP contribution is -2.27. The second-order valence-corrected chi connectivity index (χ2v) is 8.73. The molecule has 2 amide bonds. The molecular formula is C23H14Cl2FN3O3S. The fourth-order valence-electron chi connectivity index (χ4n) is 2.97. The third kappa shape index (κ3) is 5.24. The molecule has 1 N–H and O–H groups in total. The minimum Gasteiger partial charge on any atom is -0.507 e. The molecule has 3 aromatic carbocycles. The lowest BCUT2D eigenvalue weighted by molar-refractivity contribution is -0.123. The zero-order valence-corrected chi connectivity index (χ0v) is 19.0. The van der Waals surface area contributed by atoms with Crippen LogP contribution in [0.4, 0.5) is 20.6 Å². The van der Waals surface area contributed by atoms with Crippen LogP contribution in [0.3, 0.4) is 0 Å². The number of carbonyl (C=O) groups excluding carboxylic acids is 2. The van der Waals surface area contributed by atoms with Crippen molar-refractivity contribution in [1.29, 1.82) is 0 Å². The van der Waals surface area contributed by atoms with Crippen LogP contribution in [0.2, 0.25) is 10.0 Å². The molecule has 0 aromatic heterocycles. The van der Waals surface area contributed by atoms with Gasteiger partial charge in [-0.15, -0.1) is 5.11 Å². The van der Waals surface area contributed by atoms with Crippen LogP contribution in [0.25, 0.3) is 6.08 Å². The number of halogens is 3. The lowest BCUT2D eigenvalue weighted by atomic mass is 10.1. The molecule has 0 spiro atoms. The van der Waals surface area contributed by atoms with Crippen molar-refractivity contribution in [3.8, 4) is 5.75 Å². The number of amides is 2. The van der Waals surface area contributed by atoms with Gasteiger partial charge in [0.1, 0.15) is 17.3 Å². The summed E-state index contributed by atoms with van der Waals surface area (Å²) in [6.45, 7) is -0.184. The summed E-state index contributed by atoms with van der Waals surface area (Å²) in [5.74, 6) is -1.19. The first-order valence-corrected chi connectivity index (χ1v) is 11.1. The van der Waals surface area contributed by atoms with Crippen molar-refractivity contribution in [3.63, 3.8) is 0 Å². The molecule has 166 valence electrons. The molecule has 33 heavy (non-hydrogen) atoms. The molecule has 0 radical (unpaired) electrons. The Hall–Kier alpha value is -3.20. The van der Waals surface area contributed by atoms with E-state index in [9.17, 15) is 19.1 Å². The summed E-state index contributed by atoms with van der Waals surface area (Å²) in [4.78, 5) is 26.2. The van der Waals surface area contributed by atoms with Gasteiger partial charge < -0.3 is 5.11 Å². The van der Waals surface area contributed by atoms with Crippen molar-refractivity contribution in [2.75, 3.05) is 0 Å². The van der Waals surface area contributed by atoms with Gasteiger partial charge in [-0.2, -0.15) is 5.11 Å². The SMILES string of the molecule is O=C1S/C(=C\c2cc(N=Nc3ccc(Cl)cc3Cl)ccc2O)C(=O)N1Cc1ccccc1F. The number of hydrogen-bond donors (Lipinski definition) is 1. The molecule has 0 saturated carbocycles. The van der Waals surface area contributed by atoms with E-state index in [2.05, 4.69) is 10.2 Å². The van der Waals surface area contributed by atoms with E-state index in [1.807, 2.05) is 0 Å². The van der Waals surface area contributed by atoms with Crippen LogP contribution in [-0.4, -0.2) is 21.2 Å². The van der Waals surface area contributed by atoms with Crippen molar-refractivity contribution in [2.45, 2.75) is 6.54 Å². The predicted molar refractivity (Wildman–Crippen MR) is 127 cm³/mol. The van der Waals surface area contributed by atoms with E-state index in [0.717, 1.165) is 4.90 Å². The molecule has 0 bridgehead atoms. The van der Waals surface area contributed by atoms with Crippen molar-refractivity contribution in [2.24, 2.45) is 10.2 Å². The molecule has 6 nitrogen and oxygen atoms in total. The van der Waals surface area contributed by atoms with Gasteiger partial charge in [-0.1, -0.05) is 41.4 Å². The molecule has 0 aliphatic carbocycles. The van der Waals surface area contributed by atoms with Gasteiger partial charge in [0.2, 0.25) is 0 Å². The van der Waals surface area contributed by atoms with E-state index >= 15 is 0 Å². The van der Waals surface area contributed by atoms with E-state index < -0.39 is 17.0 Å². The number of benzene rings is 3. The number of aromatic hydroxyl groups is 1. The molecule has 1 aliphatic heterocycles. The number of azo groups is 1. The molecule has 0 unspecified atom stereocenters. The summed E-state index contributed by atoms with van der Waals surface area (Å²) in [6.07, 6.45) is 1.38. The summed E-state index contributed by atoms with van der Waals surface area (Å²) in [5.41, 5.74) is 1.29. The average Bonchev–Trinajstić information content (AvgIpc) is 3.04. The van der Waals surface area contributed by atoms with Crippen LogP contribution in [0.5, 0.6) is 5.75 Å². The summed E-state index contributed by atoms with van der Waals surface area (Å²) in [7, 11) is 0. The van der Waals surface area contributed by atoms with E-state index in [4.69, 9.17) is 23.2 Å². The van der Waals surface area contributed by atoms with Gasteiger partial charge in [0, 0.05) is 16.1 Å². The third-order valence-corrected chi connectivity index (χ3v) is 6.09. The first kappa shape index (κ1) is 23.0. The highest BCUT2D eigenvalue weighted by Gasteiger charge is 2.35. The summed E-state index contributed by atoms with van der Waals surface area (Å²) in [6, 6.07) is 15.1.